The molecule has 0 aliphatic carbocycles. The summed E-state index contributed by atoms with van der Waals surface area (Å²) in [5.74, 6) is 1.71. The molecule has 1 atom stereocenters. The van der Waals surface area contributed by atoms with Crippen LogP contribution in [0.4, 0.5) is 5.82 Å². The van der Waals surface area contributed by atoms with Crippen LogP contribution in [0.3, 0.4) is 0 Å². The van der Waals surface area contributed by atoms with Gasteiger partial charge in [0, 0.05) is 7.11 Å². The number of nitrogen functional groups attached to an aromatic ring is 1. The molecule has 102 valence electrons. The molecule has 18 heavy (non-hydrogen) atoms. The SMILES string of the molecule is CCCC(OC)c1nc(N)c(Br)c(CC(C)C)n1. The highest BCUT2D eigenvalue weighted by atomic mass is 79.9. The van der Waals surface area contributed by atoms with Crippen LogP contribution >= 0.6 is 15.9 Å². The van der Waals surface area contributed by atoms with E-state index >= 15 is 0 Å². The zero-order valence-corrected chi connectivity index (χ0v) is 13.1. The highest BCUT2D eigenvalue weighted by Crippen LogP contribution is 2.27. The molecular formula is C13H22BrN3O. The minimum atomic E-state index is -0.0729. The van der Waals surface area contributed by atoms with Crippen molar-refractivity contribution in [3.63, 3.8) is 0 Å². The molecule has 5 heteroatoms. The third-order valence-electron chi connectivity index (χ3n) is 2.69. The summed E-state index contributed by atoms with van der Waals surface area (Å²) in [6.45, 7) is 6.43. The van der Waals surface area contributed by atoms with Crippen molar-refractivity contribution in [1.29, 1.82) is 0 Å². The smallest absolute Gasteiger partial charge is 0.159 e. The van der Waals surface area contributed by atoms with Crippen LogP contribution in [-0.4, -0.2) is 17.1 Å². The van der Waals surface area contributed by atoms with Crippen molar-refractivity contribution in [2.75, 3.05) is 12.8 Å². The lowest BCUT2D eigenvalue weighted by Gasteiger charge is -2.16. The third-order valence-corrected chi connectivity index (χ3v) is 3.55. The average Bonchev–Trinajstić information content (AvgIpc) is 2.31. The van der Waals surface area contributed by atoms with Crippen molar-refractivity contribution in [2.45, 2.75) is 46.1 Å². The highest BCUT2D eigenvalue weighted by molar-refractivity contribution is 9.10. The van der Waals surface area contributed by atoms with Gasteiger partial charge in [-0.05, 0) is 34.7 Å². The Balaban J connectivity index is 3.09. The van der Waals surface area contributed by atoms with E-state index in [2.05, 4.69) is 46.7 Å². The number of hydrogen-bond donors (Lipinski definition) is 1. The Bertz CT molecular complexity index is 396. The fourth-order valence-corrected chi connectivity index (χ4v) is 2.15. The highest BCUT2D eigenvalue weighted by Gasteiger charge is 2.17. The summed E-state index contributed by atoms with van der Waals surface area (Å²) in [4.78, 5) is 8.93. The molecule has 1 rings (SSSR count). The van der Waals surface area contributed by atoms with Crippen LogP contribution in [0.5, 0.6) is 0 Å². The minimum absolute atomic E-state index is 0.0729. The van der Waals surface area contributed by atoms with Crippen LogP contribution in [0.25, 0.3) is 0 Å². The molecule has 1 heterocycles. The molecule has 0 radical (unpaired) electrons. The second-order valence-electron chi connectivity index (χ2n) is 4.84. The standard InChI is InChI=1S/C13H22BrN3O/c1-5-6-10(18-4)13-16-9(7-8(2)3)11(14)12(15)17-13/h8,10H,5-7H2,1-4H3,(H2,15,16,17). The van der Waals surface area contributed by atoms with Crippen molar-refractivity contribution in [1.82, 2.24) is 9.97 Å². The molecule has 1 aromatic heterocycles. The van der Waals surface area contributed by atoms with Gasteiger partial charge < -0.3 is 10.5 Å². The van der Waals surface area contributed by atoms with Crippen molar-refractivity contribution in [3.05, 3.63) is 16.0 Å². The Labute approximate surface area is 117 Å². The molecule has 0 aliphatic heterocycles. The Kier molecular flexibility index (Phi) is 6.02. The molecule has 1 aromatic rings. The van der Waals surface area contributed by atoms with Gasteiger partial charge >= 0.3 is 0 Å². The molecule has 0 spiro atoms. The van der Waals surface area contributed by atoms with Crippen LogP contribution < -0.4 is 5.73 Å². The van der Waals surface area contributed by atoms with Gasteiger partial charge in [0.15, 0.2) is 5.82 Å². The van der Waals surface area contributed by atoms with Gasteiger partial charge in [-0.3, -0.25) is 0 Å². The summed E-state index contributed by atoms with van der Waals surface area (Å²) >= 11 is 3.46. The molecule has 0 aromatic carbocycles. The van der Waals surface area contributed by atoms with Crippen LogP contribution in [-0.2, 0) is 11.2 Å². The summed E-state index contributed by atoms with van der Waals surface area (Å²) in [6.07, 6.45) is 2.73. The summed E-state index contributed by atoms with van der Waals surface area (Å²) in [6, 6.07) is 0. The van der Waals surface area contributed by atoms with E-state index in [1.807, 2.05) is 0 Å². The summed E-state index contributed by atoms with van der Waals surface area (Å²) in [7, 11) is 1.68. The second-order valence-corrected chi connectivity index (χ2v) is 5.63. The molecule has 0 aliphatic rings. The molecule has 0 bridgehead atoms. The van der Waals surface area contributed by atoms with E-state index in [-0.39, 0.29) is 6.10 Å². The van der Waals surface area contributed by atoms with Crippen LogP contribution in [0.1, 0.15) is 51.2 Å². The summed E-state index contributed by atoms with van der Waals surface area (Å²) < 4.78 is 6.25. The van der Waals surface area contributed by atoms with Gasteiger partial charge in [-0.2, -0.15) is 0 Å². The number of methoxy groups -OCH3 is 1. The second kappa shape index (κ2) is 7.04. The van der Waals surface area contributed by atoms with Crippen LogP contribution in [0.2, 0.25) is 0 Å². The van der Waals surface area contributed by atoms with Crippen molar-refractivity contribution >= 4 is 21.7 Å². The van der Waals surface area contributed by atoms with E-state index in [1.165, 1.54) is 0 Å². The first-order valence-corrected chi connectivity index (χ1v) is 7.13. The fourth-order valence-electron chi connectivity index (χ4n) is 1.81. The normalized spacial score (nSPS) is 13.0. The number of ether oxygens (including phenoxy) is 1. The van der Waals surface area contributed by atoms with Gasteiger partial charge in [0.05, 0.1) is 10.2 Å². The zero-order chi connectivity index (χ0) is 13.7. The number of hydrogen-bond acceptors (Lipinski definition) is 4. The maximum Gasteiger partial charge on any atom is 0.159 e. The molecule has 1 unspecified atom stereocenters. The topological polar surface area (TPSA) is 61.0 Å². The molecule has 2 N–H and O–H groups in total. The number of nitrogens with zero attached hydrogens (tertiary/aromatic N) is 2. The first-order valence-electron chi connectivity index (χ1n) is 6.34. The molecule has 4 nitrogen and oxygen atoms in total. The van der Waals surface area contributed by atoms with Crippen LogP contribution in [0, 0.1) is 5.92 Å². The zero-order valence-electron chi connectivity index (χ0n) is 11.5. The van der Waals surface area contributed by atoms with Crippen LogP contribution in [0.15, 0.2) is 4.47 Å². The van der Waals surface area contributed by atoms with E-state index in [0.29, 0.717) is 17.6 Å². The Morgan fingerprint density at radius 2 is 2.00 bits per heavy atom. The quantitative estimate of drug-likeness (QED) is 0.872. The monoisotopic (exact) mass is 315 g/mol. The van der Waals surface area contributed by atoms with E-state index in [1.54, 1.807) is 7.11 Å². The Morgan fingerprint density at radius 3 is 2.50 bits per heavy atom. The third kappa shape index (κ3) is 3.92. The molecule has 0 amide bonds. The average molecular weight is 316 g/mol. The van der Waals surface area contributed by atoms with Crippen molar-refractivity contribution in [3.8, 4) is 0 Å². The predicted octanol–water partition coefficient (Wildman–Crippen LogP) is 3.51. The van der Waals surface area contributed by atoms with Gasteiger partial charge in [0.2, 0.25) is 0 Å². The number of rotatable bonds is 6. The predicted molar refractivity (Wildman–Crippen MR) is 77.3 cm³/mol. The minimum Gasteiger partial charge on any atom is -0.383 e. The van der Waals surface area contributed by atoms with Gasteiger partial charge in [-0.25, -0.2) is 9.97 Å². The molecular weight excluding hydrogens is 294 g/mol. The van der Waals surface area contributed by atoms with E-state index < -0.39 is 0 Å². The number of halogens is 1. The summed E-state index contributed by atoms with van der Waals surface area (Å²) in [5.41, 5.74) is 6.90. The van der Waals surface area contributed by atoms with Gasteiger partial charge in [-0.1, -0.05) is 27.2 Å². The number of aromatic nitrogens is 2. The van der Waals surface area contributed by atoms with E-state index in [4.69, 9.17) is 10.5 Å². The Hall–Kier alpha value is -0.680. The van der Waals surface area contributed by atoms with Crippen molar-refractivity contribution in [2.24, 2.45) is 5.92 Å². The Morgan fingerprint density at radius 1 is 1.33 bits per heavy atom. The lowest BCUT2D eigenvalue weighted by atomic mass is 10.1. The molecule has 0 fully saturated rings. The largest absolute Gasteiger partial charge is 0.383 e. The van der Waals surface area contributed by atoms with E-state index in [0.717, 1.165) is 29.4 Å². The first kappa shape index (κ1) is 15.4. The van der Waals surface area contributed by atoms with Gasteiger partial charge in [0.25, 0.3) is 0 Å². The first-order chi connectivity index (χ1) is 8.49. The lowest BCUT2D eigenvalue weighted by molar-refractivity contribution is 0.0874. The number of anilines is 1. The van der Waals surface area contributed by atoms with Crippen molar-refractivity contribution < 1.29 is 4.74 Å². The van der Waals surface area contributed by atoms with Gasteiger partial charge in [-0.15, -0.1) is 0 Å². The maximum absolute atomic E-state index is 5.93. The molecule has 0 saturated heterocycles. The lowest BCUT2D eigenvalue weighted by Crippen LogP contribution is -2.12. The molecule has 0 saturated carbocycles. The van der Waals surface area contributed by atoms with E-state index in [9.17, 15) is 0 Å². The summed E-state index contributed by atoms with van der Waals surface area (Å²) in [5, 5.41) is 0. The maximum atomic E-state index is 5.93. The number of nitrogens with two attached hydrogens (primary N) is 1. The van der Waals surface area contributed by atoms with Gasteiger partial charge in [0.1, 0.15) is 11.9 Å². The fraction of sp³-hybridized carbons (Fsp3) is 0.692.